The van der Waals surface area contributed by atoms with Gasteiger partial charge in [-0.05, 0) is 30.4 Å². The molecule has 20 heavy (non-hydrogen) atoms. The molecule has 0 fully saturated rings. The number of carbonyl (C=O) groups is 1. The molecule has 2 aromatic rings. The number of fused-ring (bicyclic) bond motifs is 1. The first kappa shape index (κ1) is 12.9. The molecule has 0 spiro atoms. The van der Waals surface area contributed by atoms with Crippen molar-refractivity contribution in [2.45, 2.75) is 38.6 Å². The molecule has 1 aliphatic rings. The molecule has 3 rings (SSSR count). The molecule has 0 bridgehead atoms. The summed E-state index contributed by atoms with van der Waals surface area (Å²) in [5.74, 6) is 0.314. The van der Waals surface area contributed by atoms with Crippen LogP contribution in [0.1, 0.15) is 43.4 Å². The predicted octanol–water partition coefficient (Wildman–Crippen LogP) is 3.12. The van der Waals surface area contributed by atoms with E-state index in [0.29, 0.717) is 12.3 Å². The Hall–Kier alpha value is -2.10. The van der Waals surface area contributed by atoms with Crippen molar-refractivity contribution in [2.75, 3.05) is 0 Å². The van der Waals surface area contributed by atoms with Crippen LogP contribution in [0, 0.1) is 0 Å². The Morgan fingerprint density at radius 2 is 2.30 bits per heavy atom. The third-order valence-electron chi connectivity index (χ3n) is 3.81. The van der Waals surface area contributed by atoms with Crippen LogP contribution in [-0.2, 0) is 11.2 Å². The maximum absolute atomic E-state index is 11.5. The summed E-state index contributed by atoms with van der Waals surface area (Å²) in [5.41, 5.74) is 2.69. The zero-order valence-corrected chi connectivity index (χ0v) is 11.6. The highest BCUT2D eigenvalue weighted by Crippen LogP contribution is 2.35. The van der Waals surface area contributed by atoms with Crippen LogP contribution >= 0.6 is 0 Å². The summed E-state index contributed by atoms with van der Waals surface area (Å²) in [6.45, 7) is 1.79. The van der Waals surface area contributed by atoms with Crippen LogP contribution in [0.3, 0.4) is 0 Å². The van der Waals surface area contributed by atoms with E-state index in [9.17, 15) is 4.79 Å². The Morgan fingerprint density at radius 1 is 1.45 bits per heavy atom. The van der Waals surface area contributed by atoms with E-state index in [2.05, 4.69) is 29.2 Å². The molecule has 0 saturated heterocycles. The van der Waals surface area contributed by atoms with Gasteiger partial charge in [0.15, 0.2) is 0 Å². The van der Waals surface area contributed by atoms with Gasteiger partial charge < -0.3 is 4.74 Å². The van der Waals surface area contributed by atoms with Crippen LogP contribution in [0.5, 0.6) is 5.88 Å². The molecule has 0 N–H and O–H groups in total. The van der Waals surface area contributed by atoms with Gasteiger partial charge in [0.25, 0.3) is 0 Å². The highest BCUT2D eigenvalue weighted by molar-refractivity contribution is 5.71. The highest BCUT2D eigenvalue weighted by Gasteiger charge is 2.23. The normalized spacial score (nSPS) is 17.6. The summed E-state index contributed by atoms with van der Waals surface area (Å²) >= 11 is 0. The lowest BCUT2D eigenvalue weighted by atomic mass is 9.87. The van der Waals surface area contributed by atoms with Crippen LogP contribution in [0.4, 0.5) is 0 Å². The summed E-state index contributed by atoms with van der Waals surface area (Å²) in [4.78, 5) is 15.6. The van der Waals surface area contributed by atoms with Crippen LogP contribution in [0.2, 0.25) is 0 Å². The number of aryl methyl sites for hydroxylation is 1. The molecular weight excluding hydrogens is 252 g/mol. The fourth-order valence-electron chi connectivity index (χ4n) is 2.81. The minimum Gasteiger partial charge on any atom is -0.408 e. The molecule has 4 nitrogen and oxygen atoms in total. The van der Waals surface area contributed by atoms with Gasteiger partial charge in [-0.25, -0.2) is 4.98 Å². The quantitative estimate of drug-likeness (QED) is 0.805. The van der Waals surface area contributed by atoms with Crippen molar-refractivity contribution >= 4 is 5.97 Å². The molecule has 0 amide bonds. The van der Waals surface area contributed by atoms with Gasteiger partial charge in [-0.15, -0.1) is 0 Å². The predicted molar refractivity (Wildman–Crippen MR) is 75.7 cm³/mol. The van der Waals surface area contributed by atoms with Crippen molar-refractivity contribution in [2.24, 2.45) is 0 Å². The lowest BCUT2D eigenvalue weighted by Crippen LogP contribution is -2.19. The van der Waals surface area contributed by atoms with Gasteiger partial charge in [0.05, 0.1) is 18.6 Å². The molecule has 104 valence electrons. The molecule has 4 heteroatoms. The summed E-state index contributed by atoms with van der Waals surface area (Å²) in [6.07, 6.45) is 7.04. The highest BCUT2D eigenvalue weighted by atomic mass is 16.5. The van der Waals surface area contributed by atoms with Gasteiger partial charge in [0.2, 0.25) is 5.88 Å². The average Bonchev–Trinajstić information content (AvgIpc) is 2.94. The van der Waals surface area contributed by atoms with Crippen LogP contribution in [0.25, 0.3) is 0 Å². The van der Waals surface area contributed by atoms with E-state index in [1.165, 1.54) is 11.1 Å². The number of benzene rings is 1. The number of imidazole rings is 1. The lowest BCUT2D eigenvalue weighted by molar-refractivity contribution is -0.134. The molecule has 0 aliphatic heterocycles. The van der Waals surface area contributed by atoms with Gasteiger partial charge in [0.1, 0.15) is 0 Å². The van der Waals surface area contributed by atoms with Crippen LogP contribution in [0.15, 0.2) is 36.8 Å². The second-order valence-corrected chi connectivity index (χ2v) is 5.07. The fourth-order valence-corrected chi connectivity index (χ4v) is 2.81. The first-order valence-electron chi connectivity index (χ1n) is 7.10. The number of rotatable bonds is 3. The monoisotopic (exact) mass is 270 g/mol. The SMILES string of the molecule is CCC(=O)Oc1cncn1C1CCCc2ccccc21. The van der Waals surface area contributed by atoms with Gasteiger partial charge in [0, 0.05) is 6.42 Å². The standard InChI is InChI=1S/C16H18N2O2/c1-2-16(19)20-15-10-17-11-18(15)14-9-5-7-12-6-3-4-8-13(12)14/h3-4,6,8,10-11,14H,2,5,7,9H2,1H3. The van der Waals surface area contributed by atoms with Crippen molar-refractivity contribution in [3.63, 3.8) is 0 Å². The zero-order valence-electron chi connectivity index (χ0n) is 11.6. The molecule has 1 heterocycles. The molecule has 0 radical (unpaired) electrons. The number of hydrogen-bond donors (Lipinski definition) is 0. The second-order valence-electron chi connectivity index (χ2n) is 5.07. The summed E-state index contributed by atoms with van der Waals surface area (Å²) in [5, 5.41) is 0. The summed E-state index contributed by atoms with van der Waals surface area (Å²) in [6, 6.07) is 8.68. The molecule has 1 unspecified atom stereocenters. The fraction of sp³-hybridized carbons (Fsp3) is 0.375. The minimum atomic E-state index is -0.226. The largest absolute Gasteiger partial charge is 0.408 e. The Morgan fingerprint density at radius 3 is 3.15 bits per heavy atom. The van der Waals surface area contributed by atoms with Crippen molar-refractivity contribution in [1.82, 2.24) is 9.55 Å². The van der Waals surface area contributed by atoms with Gasteiger partial charge in [-0.2, -0.15) is 0 Å². The maximum atomic E-state index is 11.5. The number of hydrogen-bond acceptors (Lipinski definition) is 3. The Kier molecular flexibility index (Phi) is 3.54. The number of carbonyl (C=O) groups excluding carboxylic acids is 1. The Bertz CT molecular complexity index is 618. The number of aromatic nitrogens is 2. The van der Waals surface area contributed by atoms with E-state index >= 15 is 0 Å². The van der Waals surface area contributed by atoms with Crippen molar-refractivity contribution < 1.29 is 9.53 Å². The van der Waals surface area contributed by atoms with Gasteiger partial charge in [-0.1, -0.05) is 31.2 Å². The summed E-state index contributed by atoms with van der Waals surface area (Å²) in [7, 11) is 0. The lowest BCUT2D eigenvalue weighted by Gasteiger charge is -2.27. The smallest absolute Gasteiger partial charge is 0.312 e. The van der Waals surface area contributed by atoms with Crippen molar-refractivity contribution in [3.05, 3.63) is 47.9 Å². The summed E-state index contributed by atoms with van der Waals surface area (Å²) < 4.78 is 7.34. The third-order valence-corrected chi connectivity index (χ3v) is 3.81. The second kappa shape index (κ2) is 5.49. The minimum absolute atomic E-state index is 0.210. The molecule has 1 aromatic heterocycles. The number of nitrogens with zero attached hydrogens (tertiary/aromatic N) is 2. The first-order valence-corrected chi connectivity index (χ1v) is 7.10. The Labute approximate surface area is 118 Å². The third kappa shape index (κ3) is 2.33. The number of ether oxygens (including phenoxy) is 1. The topological polar surface area (TPSA) is 44.1 Å². The molecule has 1 aromatic carbocycles. The van der Waals surface area contributed by atoms with Gasteiger partial charge >= 0.3 is 5.97 Å². The molecule has 1 atom stereocenters. The molecule has 1 aliphatic carbocycles. The Balaban J connectivity index is 1.95. The van der Waals surface area contributed by atoms with E-state index < -0.39 is 0 Å². The number of esters is 1. The van der Waals surface area contributed by atoms with Crippen molar-refractivity contribution in [1.29, 1.82) is 0 Å². The average molecular weight is 270 g/mol. The van der Waals surface area contributed by atoms with E-state index in [1.807, 2.05) is 4.57 Å². The van der Waals surface area contributed by atoms with Crippen LogP contribution < -0.4 is 4.74 Å². The molecule has 0 saturated carbocycles. The van der Waals surface area contributed by atoms with Crippen molar-refractivity contribution in [3.8, 4) is 5.88 Å². The van der Waals surface area contributed by atoms with Gasteiger partial charge in [-0.3, -0.25) is 9.36 Å². The zero-order chi connectivity index (χ0) is 13.9. The maximum Gasteiger partial charge on any atom is 0.312 e. The van der Waals surface area contributed by atoms with Crippen LogP contribution in [-0.4, -0.2) is 15.5 Å². The first-order chi connectivity index (χ1) is 9.79. The van der Waals surface area contributed by atoms with E-state index in [4.69, 9.17) is 4.74 Å². The molecular formula is C16H18N2O2. The van der Waals surface area contributed by atoms with E-state index in [-0.39, 0.29) is 12.0 Å². The van der Waals surface area contributed by atoms with E-state index in [0.717, 1.165) is 19.3 Å². The van der Waals surface area contributed by atoms with E-state index in [1.54, 1.807) is 19.4 Å².